The zero-order valence-corrected chi connectivity index (χ0v) is 8.94. The van der Waals surface area contributed by atoms with Crippen molar-refractivity contribution in [3.05, 3.63) is 19.2 Å². The maximum Gasteiger partial charge on any atom is 0.0713 e. The Kier molecular flexibility index (Phi) is 2.73. The molecule has 3 heteroatoms. The molecule has 0 spiro atoms. The largest absolute Gasteiger partial charge is 0.132 e. The highest BCUT2D eigenvalue weighted by molar-refractivity contribution is 9.11. The summed E-state index contributed by atoms with van der Waals surface area (Å²) in [6.45, 7) is 2.16. The van der Waals surface area contributed by atoms with E-state index in [0.29, 0.717) is 0 Å². The molecule has 0 nitrogen and oxygen atoms in total. The lowest BCUT2D eigenvalue weighted by atomic mass is 10.4. The van der Waals surface area contributed by atoms with Gasteiger partial charge in [0.1, 0.15) is 0 Å². The van der Waals surface area contributed by atoms with Crippen LogP contribution in [0.2, 0.25) is 0 Å². The van der Waals surface area contributed by atoms with Crippen LogP contribution in [0.4, 0.5) is 0 Å². The van der Waals surface area contributed by atoms with Crippen LogP contribution >= 0.6 is 43.2 Å². The Balaban J connectivity index is 3.01. The van der Waals surface area contributed by atoms with Crippen LogP contribution in [0.1, 0.15) is 11.8 Å². The van der Waals surface area contributed by atoms with Crippen molar-refractivity contribution in [2.45, 2.75) is 13.3 Å². The molecule has 0 N–H and O–H groups in total. The van der Waals surface area contributed by atoms with Crippen molar-refractivity contribution in [1.29, 1.82) is 0 Å². The minimum absolute atomic E-state index is 1.11. The Bertz CT molecular complexity index is 205. The number of aryl methyl sites for hydroxylation is 1. The maximum atomic E-state index is 3.46. The molecule has 0 aliphatic carbocycles. The summed E-state index contributed by atoms with van der Waals surface area (Å²) in [5, 5.41) is 0. The van der Waals surface area contributed by atoms with Crippen LogP contribution in [0.5, 0.6) is 0 Å². The van der Waals surface area contributed by atoms with Gasteiger partial charge in [-0.05, 0) is 44.3 Å². The first-order valence-electron chi connectivity index (χ1n) is 2.67. The van der Waals surface area contributed by atoms with E-state index in [2.05, 4.69) is 44.8 Å². The first kappa shape index (κ1) is 7.76. The maximum absolute atomic E-state index is 3.46. The summed E-state index contributed by atoms with van der Waals surface area (Å²) in [5.41, 5.74) is 0. The van der Waals surface area contributed by atoms with Crippen molar-refractivity contribution >= 4 is 43.2 Å². The topological polar surface area (TPSA) is 0 Å². The second kappa shape index (κ2) is 3.17. The van der Waals surface area contributed by atoms with E-state index in [9.17, 15) is 0 Å². The minimum Gasteiger partial charge on any atom is -0.132 e. The molecular weight excluding hydrogens is 264 g/mol. The van der Waals surface area contributed by atoms with E-state index in [1.807, 2.05) is 0 Å². The van der Waals surface area contributed by atoms with Crippen molar-refractivity contribution in [2.24, 2.45) is 0 Å². The Morgan fingerprint density at radius 1 is 1.56 bits per heavy atom. The summed E-state index contributed by atoms with van der Waals surface area (Å²) in [5.74, 6) is 0. The fourth-order valence-electron chi connectivity index (χ4n) is 0.617. The zero-order valence-electron chi connectivity index (χ0n) is 4.95. The van der Waals surface area contributed by atoms with Crippen LogP contribution in [0.15, 0.2) is 14.3 Å². The van der Waals surface area contributed by atoms with Crippen molar-refractivity contribution < 1.29 is 0 Å². The van der Waals surface area contributed by atoms with E-state index in [1.54, 1.807) is 11.3 Å². The van der Waals surface area contributed by atoms with Crippen molar-refractivity contribution in [2.75, 3.05) is 0 Å². The number of rotatable bonds is 1. The molecular formula is C6H6Br2S. The smallest absolute Gasteiger partial charge is 0.0713 e. The molecule has 0 aromatic carbocycles. The molecule has 1 rings (SSSR count). The van der Waals surface area contributed by atoms with Gasteiger partial charge in [-0.1, -0.05) is 6.92 Å². The Labute approximate surface area is 75.5 Å². The summed E-state index contributed by atoms with van der Waals surface area (Å²) in [6, 6.07) is 2.09. The molecule has 0 unspecified atom stereocenters. The molecule has 0 saturated heterocycles. The van der Waals surface area contributed by atoms with Crippen LogP contribution in [-0.2, 0) is 6.42 Å². The molecule has 1 aromatic heterocycles. The molecule has 0 aliphatic heterocycles. The second-order valence-corrected chi connectivity index (χ2v) is 5.05. The third-order valence-corrected chi connectivity index (χ3v) is 3.80. The average Bonchev–Trinajstić information content (AvgIpc) is 2.10. The summed E-state index contributed by atoms with van der Waals surface area (Å²) in [7, 11) is 0. The Hall–Kier alpha value is 0.660. The first-order chi connectivity index (χ1) is 4.24. The van der Waals surface area contributed by atoms with Crippen LogP contribution in [-0.4, -0.2) is 0 Å². The van der Waals surface area contributed by atoms with Crippen molar-refractivity contribution in [3.63, 3.8) is 0 Å². The van der Waals surface area contributed by atoms with E-state index in [1.165, 1.54) is 13.1 Å². The van der Waals surface area contributed by atoms with E-state index in [-0.39, 0.29) is 0 Å². The summed E-state index contributed by atoms with van der Waals surface area (Å²) < 4.78 is 2.42. The van der Waals surface area contributed by atoms with E-state index in [4.69, 9.17) is 0 Å². The second-order valence-electron chi connectivity index (χ2n) is 1.68. The van der Waals surface area contributed by atoms with Gasteiger partial charge in [0.15, 0.2) is 0 Å². The number of thiophene rings is 1. The highest BCUT2D eigenvalue weighted by Crippen LogP contribution is 2.31. The lowest BCUT2D eigenvalue weighted by Gasteiger charge is -1.85. The fourth-order valence-corrected chi connectivity index (χ4v) is 3.36. The van der Waals surface area contributed by atoms with Gasteiger partial charge in [-0.25, -0.2) is 0 Å². The van der Waals surface area contributed by atoms with Crippen LogP contribution in [0, 0.1) is 0 Å². The Morgan fingerprint density at radius 2 is 2.22 bits per heavy atom. The van der Waals surface area contributed by atoms with E-state index in [0.717, 1.165) is 6.42 Å². The van der Waals surface area contributed by atoms with Crippen LogP contribution < -0.4 is 0 Å². The minimum atomic E-state index is 1.11. The summed E-state index contributed by atoms with van der Waals surface area (Å²) >= 11 is 8.65. The van der Waals surface area contributed by atoms with Gasteiger partial charge in [0, 0.05) is 9.35 Å². The molecule has 0 bridgehead atoms. The SMILES string of the molecule is CCc1sc(Br)cc1Br. The highest BCUT2D eigenvalue weighted by Gasteiger charge is 2.00. The molecule has 50 valence electrons. The van der Waals surface area contributed by atoms with Gasteiger partial charge in [-0.2, -0.15) is 0 Å². The quantitative estimate of drug-likeness (QED) is 0.727. The number of hydrogen-bond donors (Lipinski definition) is 0. The van der Waals surface area contributed by atoms with Gasteiger partial charge >= 0.3 is 0 Å². The van der Waals surface area contributed by atoms with Crippen LogP contribution in [0.25, 0.3) is 0 Å². The van der Waals surface area contributed by atoms with Gasteiger partial charge in [0.2, 0.25) is 0 Å². The number of halogens is 2. The molecule has 0 radical (unpaired) electrons. The standard InChI is InChI=1S/C6H6Br2S/c1-2-5-4(7)3-6(8)9-5/h3H,2H2,1H3. The van der Waals surface area contributed by atoms with Gasteiger partial charge < -0.3 is 0 Å². The molecule has 9 heavy (non-hydrogen) atoms. The molecule has 0 saturated carbocycles. The third-order valence-electron chi connectivity index (χ3n) is 1.05. The predicted molar refractivity (Wildman–Crippen MR) is 49.1 cm³/mol. The highest BCUT2D eigenvalue weighted by atomic mass is 79.9. The number of hydrogen-bond acceptors (Lipinski definition) is 1. The average molecular weight is 270 g/mol. The summed E-state index contributed by atoms with van der Waals surface area (Å²) in [4.78, 5) is 1.40. The fraction of sp³-hybridized carbons (Fsp3) is 0.333. The van der Waals surface area contributed by atoms with Gasteiger partial charge in [-0.15, -0.1) is 11.3 Å². The molecule has 0 amide bonds. The van der Waals surface area contributed by atoms with Crippen molar-refractivity contribution in [3.8, 4) is 0 Å². The molecule has 0 fully saturated rings. The van der Waals surface area contributed by atoms with E-state index >= 15 is 0 Å². The van der Waals surface area contributed by atoms with Crippen LogP contribution in [0.3, 0.4) is 0 Å². The summed E-state index contributed by atoms with van der Waals surface area (Å²) in [6.07, 6.45) is 1.11. The van der Waals surface area contributed by atoms with Crippen molar-refractivity contribution in [1.82, 2.24) is 0 Å². The first-order valence-corrected chi connectivity index (χ1v) is 5.08. The Morgan fingerprint density at radius 3 is 2.44 bits per heavy atom. The van der Waals surface area contributed by atoms with E-state index < -0.39 is 0 Å². The third kappa shape index (κ3) is 1.79. The lowest BCUT2D eigenvalue weighted by molar-refractivity contribution is 1.18. The van der Waals surface area contributed by atoms with Gasteiger partial charge in [0.05, 0.1) is 3.79 Å². The molecule has 1 heterocycles. The zero-order chi connectivity index (χ0) is 6.85. The van der Waals surface area contributed by atoms with Gasteiger partial charge in [0.25, 0.3) is 0 Å². The monoisotopic (exact) mass is 268 g/mol. The predicted octanol–water partition coefficient (Wildman–Crippen LogP) is 3.84. The van der Waals surface area contributed by atoms with Gasteiger partial charge in [-0.3, -0.25) is 0 Å². The molecule has 0 aliphatic rings. The normalized spacial score (nSPS) is 10.1. The molecule has 1 aromatic rings. The lowest BCUT2D eigenvalue weighted by Crippen LogP contribution is -1.68. The molecule has 0 atom stereocenters.